The van der Waals surface area contributed by atoms with Gasteiger partial charge in [-0.3, -0.25) is 4.99 Å². The van der Waals surface area contributed by atoms with Gasteiger partial charge in [0, 0.05) is 0 Å². The third-order valence-corrected chi connectivity index (χ3v) is 3.64. The third kappa shape index (κ3) is 8.94. The van der Waals surface area contributed by atoms with Gasteiger partial charge in [-0.1, -0.05) is 61.0 Å². The van der Waals surface area contributed by atoms with Crippen LogP contribution in [0.5, 0.6) is 0 Å². The first-order valence-electron chi connectivity index (χ1n) is 7.48. The van der Waals surface area contributed by atoms with E-state index in [-0.39, 0.29) is 12.0 Å². The van der Waals surface area contributed by atoms with Crippen LogP contribution in [0.1, 0.15) is 51.4 Å². The van der Waals surface area contributed by atoms with Gasteiger partial charge in [0.15, 0.2) is 6.04 Å². The van der Waals surface area contributed by atoms with E-state index in [0.717, 1.165) is 25.0 Å². The number of nitrogens with zero attached hydrogens (tertiary/aromatic N) is 1. The van der Waals surface area contributed by atoms with Crippen LogP contribution >= 0.6 is 23.2 Å². The zero-order valence-corrected chi connectivity index (χ0v) is 14.0. The number of rotatable bonds is 11. The summed E-state index contributed by atoms with van der Waals surface area (Å²) in [6.07, 6.45) is 15.2. The fourth-order valence-electron chi connectivity index (χ4n) is 2.06. The molecule has 1 atom stereocenters. The lowest BCUT2D eigenvalue weighted by molar-refractivity contribution is -0.139. The molecule has 1 aliphatic heterocycles. The normalized spacial score (nSPS) is 16.7. The number of allylic oxidation sites excluding steroid dienone is 2. The van der Waals surface area contributed by atoms with Gasteiger partial charge in [0.05, 0.1) is 12.8 Å². The Bertz CT molecular complexity index is 413. The summed E-state index contributed by atoms with van der Waals surface area (Å²) in [5, 5.41) is 0. The maximum atomic E-state index is 11.1. The van der Waals surface area contributed by atoms with E-state index >= 15 is 0 Å². The van der Waals surface area contributed by atoms with Crippen molar-refractivity contribution in [3.05, 3.63) is 22.7 Å². The molecular formula is C16H23Cl2NO2. The summed E-state index contributed by atoms with van der Waals surface area (Å²) in [6.45, 7) is 0. The summed E-state index contributed by atoms with van der Waals surface area (Å²) in [5.41, 5.74) is 0.841. The highest BCUT2D eigenvalue weighted by Gasteiger charge is 2.33. The molecule has 0 amide bonds. The van der Waals surface area contributed by atoms with Gasteiger partial charge in [-0.25, -0.2) is 4.79 Å². The van der Waals surface area contributed by atoms with Crippen LogP contribution < -0.4 is 0 Å². The predicted molar refractivity (Wildman–Crippen MR) is 89.1 cm³/mol. The van der Waals surface area contributed by atoms with Gasteiger partial charge in [-0.15, -0.1) is 0 Å². The molecule has 0 saturated carbocycles. The molecule has 1 unspecified atom stereocenters. The molecule has 3 nitrogen and oxygen atoms in total. The van der Waals surface area contributed by atoms with Crippen molar-refractivity contribution < 1.29 is 9.53 Å². The van der Waals surface area contributed by atoms with E-state index < -0.39 is 0 Å². The van der Waals surface area contributed by atoms with Crippen molar-refractivity contribution in [2.24, 2.45) is 4.99 Å². The van der Waals surface area contributed by atoms with Crippen molar-refractivity contribution >= 4 is 34.9 Å². The lowest BCUT2D eigenvalue weighted by Crippen LogP contribution is -2.12. The second-order valence-electron chi connectivity index (χ2n) is 5.07. The Balaban J connectivity index is 1.86. The van der Waals surface area contributed by atoms with E-state index in [2.05, 4.69) is 15.8 Å². The lowest BCUT2D eigenvalue weighted by atomic mass is 10.1. The highest BCUT2D eigenvalue weighted by molar-refractivity contribution is 6.55. The van der Waals surface area contributed by atoms with Gasteiger partial charge in [-0.2, -0.15) is 0 Å². The molecule has 0 spiro atoms. The third-order valence-electron chi connectivity index (χ3n) is 3.33. The number of aliphatic imine (C=N–C) groups is 1. The summed E-state index contributed by atoms with van der Waals surface area (Å²) in [7, 11) is 1.39. The van der Waals surface area contributed by atoms with Crippen LogP contribution in [0.4, 0.5) is 0 Å². The minimum atomic E-state index is -0.332. The number of hydrogen-bond donors (Lipinski definition) is 0. The molecule has 0 aromatic carbocycles. The number of carbonyl (C=O) groups is 1. The Labute approximate surface area is 137 Å². The molecule has 1 aliphatic rings. The molecule has 1 rings (SSSR count). The summed E-state index contributed by atoms with van der Waals surface area (Å²) < 4.78 is 4.98. The van der Waals surface area contributed by atoms with E-state index in [0.29, 0.717) is 4.49 Å². The second kappa shape index (κ2) is 10.9. The van der Waals surface area contributed by atoms with Crippen LogP contribution in [0.3, 0.4) is 0 Å². The Hall–Kier alpha value is -0.800. The van der Waals surface area contributed by atoms with Crippen LogP contribution in [0.15, 0.2) is 27.7 Å². The average molecular weight is 332 g/mol. The highest BCUT2D eigenvalue weighted by Crippen LogP contribution is 2.16. The molecule has 0 aromatic rings. The molecule has 1 heterocycles. The van der Waals surface area contributed by atoms with Crippen molar-refractivity contribution in [3.63, 3.8) is 0 Å². The number of methoxy groups -OCH3 is 1. The predicted octanol–water partition coefficient (Wildman–Crippen LogP) is 4.98. The Morgan fingerprint density at radius 1 is 1.14 bits per heavy atom. The summed E-state index contributed by atoms with van der Waals surface area (Å²) in [6, 6.07) is -0.332. The minimum Gasteiger partial charge on any atom is -0.467 e. The van der Waals surface area contributed by atoms with Crippen molar-refractivity contribution in [2.75, 3.05) is 7.11 Å². The molecule has 5 heteroatoms. The van der Waals surface area contributed by atoms with Gasteiger partial charge >= 0.3 is 5.97 Å². The molecule has 0 fully saturated rings. The number of carbonyl (C=O) groups excluding carboxylic acids is 1. The van der Waals surface area contributed by atoms with Crippen molar-refractivity contribution in [3.8, 4) is 0 Å². The van der Waals surface area contributed by atoms with E-state index in [9.17, 15) is 4.79 Å². The molecule has 0 aromatic heterocycles. The molecule has 118 valence electrons. The zero-order valence-electron chi connectivity index (χ0n) is 12.5. The van der Waals surface area contributed by atoms with Crippen molar-refractivity contribution in [1.29, 1.82) is 0 Å². The quantitative estimate of drug-likeness (QED) is 0.395. The maximum absolute atomic E-state index is 11.1. The minimum absolute atomic E-state index is 0.264. The molecule has 0 radical (unpaired) electrons. The largest absolute Gasteiger partial charge is 0.467 e. The fourth-order valence-corrected chi connectivity index (χ4v) is 2.28. The monoisotopic (exact) mass is 331 g/mol. The van der Waals surface area contributed by atoms with E-state index in [4.69, 9.17) is 23.2 Å². The lowest BCUT2D eigenvalue weighted by Gasteiger charge is -1.99. The van der Waals surface area contributed by atoms with Gasteiger partial charge in [0.25, 0.3) is 0 Å². The molecule has 0 aliphatic carbocycles. The number of ether oxygens (including phenoxy) is 1. The summed E-state index contributed by atoms with van der Waals surface area (Å²) >= 11 is 11.1. The van der Waals surface area contributed by atoms with E-state index in [1.54, 1.807) is 0 Å². The summed E-state index contributed by atoms with van der Waals surface area (Å²) in [5.74, 6) is -0.264. The number of hydrogen-bond acceptors (Lipinski definition) is 3. The van der Waals surface area contributed by atoms with Gasteiger partial charge in [0.1, 0.15) is 4.49 Å². The van der Waals surface area contributed by atoms with Crippen LogP contribution in [-0.4, -0.2) is 24.8 Å². The van der Waals surface area contributed by atoms with Crippen molar-refractivity contribution in [2.45, 2.75) is 57.4 Å². The fraction of sp³-hybridized carbons (Fsp3) is 0.625. The molecular weight excluding hydrogens is 309 g/mol. The zero-order chi connectivity index (χ0) is 15.5. The number of unbranched alkanes of at least 4 members (excludes halogenated alkanes) is 7. The molecule has 0 N–H and O–H groups in total. The SMILES string of the molecule is COC(=O)C1N=C1C=CCCCCCCCCC=C(Cl)Cl. The average Bonchev–Trinajstić information content (AvgIpc) is 3.23. The smallest absolute Gasteiger partial charge is 0.336 e. The summed E-state index contributed by atoms with van der Waals surface area (Å²) in [4.78, 5) is 15.2. The Morgan fingerprint density at radius 2 is 1.76 bits per heavy atom. The van der Waals surface area contributed by atoms with Crippen LogP contribution in [0, 0.1) is 0 Å². The second-order valence-corrected chi connectivity index (χ2v) is 6.08. The van der Waals surface area contributed by atoms with Gasteiger partial charge in [0.2, 0.25) is 0 Å². The first-order valence-corrected chi connectivity index (χ1v) is 8.24. The van der Waals surface area contributed by atoms with Crippen LogP contribution in [-0.2, 0) is 9.53 Å². The molecule has 0 saturated heterocycles. The Morgan fingerprint density at radius 3 is 2.38 bits per heavy atom. The van der Waals surface area contributed by atoms with E-state index in [1.165, 1.54) is 39.2 Å². The van der Waals surface area contributed by atoms with Gasteiger partial charge in [-0.05, 0) is 31.8 Å². The standard InChI is InChI=1S/C16H23Cl2NO2/c1-21-16(20)15-13(19-15)11-9-7-5-3-2-4-6-8-10-12-14(17)18/h9,11-12,15H,2-8,10H2,1H3. The van der Waals surface area contributed by atoms with Crippen LogP contribution in [0.25, 0.3) is 0 Å². The molecule has 21 heavy (non-hydrogen) atoms. The Kier molecular flexibility index (Phi) is 9.44. The van der Waals surface area contributed by atoms with Crippen molar-refractivity contribution in [1.82, 2.24) is 0 Å². The number of esters is 1. The first-order chi connectivity index (χ1) is 10.1. The molecule has 0 bridgehead atoms. The first kappa shape index (κ1) is 18.2. The highest BCUT2D eigenvalue weighted by atomic mass is 35.5. The topological polar surface area (TPSA) is 38.7 Å². The maximum Gasteiger partial charge on any atom is 0.336 e. The van der Waals surface area contributed by atoms with E-state index in [1.807, 2.05) is 12.2 Å². The van der Waals surface area contributed by atoms with Crippen LogP contribution in [0.2, 0.25) is 0 Å². The van der Waals surface area contributed by atoms with Gasteiger partial charge < -0.3 is 4.74 Å². The number of halogens is 2.